The molecule has 0 fully saturated rings. The van der Waals surface area contributed by atoms with Crippen molar-refractivity contribution in [2.75, 3.05) is 12.0 Å². The lowest BCUT2D eigenvalue weighted by atomic mass is 10.1. The molecule has 3 rings (SSSR count). The Morgan fingerprint density at radius 2 is 2.15 bits per heavy atom. The van der Waals surface area contributed by atoms with Gasteiger partial charge in [0.1, 0.15) is 16.5 Å². The zero-order valence-corrected chi connectivity index (χ0v) is 11.9. The van der Waals surface area contributed by atoms with Gasteiger partial charge in [0.05, 0.1) is 11.9 Å². The Morgan fingerprint density at radius 1 is 1.35 bits per heavy atom. The number of fused-ring (bicyclic) bond motifs is 1. The first kappa shape index (κ1) is 12.9. The van der Waals surface area contributed by atoms with Gasteiger partial charge in [-0.3, -0.25) is 0 Å². The zero-order chi connectivity index (χ0) is 14.3. The smallest absolute Gasteiger partial charge is 0.142 e. The lowest BCUT2D eigenvalue weighted by molar-refractivity contribution is 0.624. The minimum atomic E-state index is -0.372. The molecule has 0 spiro atoms. The van der Waals surface area contributed by atoms with Crippen LogP contribution in [0.3, 0.4) is 0 Å². The van der Waals surface area contributed by atoms with Crippen molar-refractivity contribution >= 4 is 28.5 Å². The van der Waals surface area contributed by atoms with E-state index < -0.39 is 0 Å². The second-order valence-electron chi connectivity index (χ2n) is 4.48. The molecule has 3 aromatic heterocycles. The molecule has 0 aliphatic heterocycles. The quantitative estimate of drug-likeness (QED) is 0.709. The second kappa shape index (κ2) is 4.79. The van der Waals surface area contributed by atoms with Crippen LogP contribution >= 0.6 is 11.8 Å². The summed E-state index contributed by atoms with van der Waals surface area (Å²) in [4.78, 5) is 11.6. The van der Waals surface area contributed by atoms with E-state index in [2.05, 4.69) is 15.0 Å². The third-order valence-electron chi connectivity index (χ3n) is 3.24. The number of thioether (sulfide) groups is 1. The third kappa shape index (κ3) is 2.02. The van der Waals surface area contributed by atoms with E-state index in [1.165, 1.54) is 24.0 Å². The number of nitrogens with zero attached hydrogens (tertiary/aromatic N) is 2. The van der Waals surface area contributed by atoms with Crippen LogP contribution in [0.5, 0.6) is 0 Å². The molecule has 0 amide bonds. The molecule has 0 aliphatic carbocycles. The number of nitrogens with one attached hydrogen (secondary N) is 1. The van der Waals surface area contributed by atoms with Gasteiger partial charge in [-0.1, -0.05) is 0 Å². The van der Waals surface area contributed by atoms with E-state index in [0.717, 1.165) is 21.8 Å². The first-order chi connectivity index (χ1) is 9.60. The number of halogens is 1. The Balaban J connectivity index is 2.25. The summed E-state index contributed by atoms with van der Waals surface area (Å²) >= 11 is 1.54. The van der Waals surface area contributed by atoms with Crippen LogP contribution in [0.25, 0.3) is 22.3 Å². The Labute approximate surface area is 119 Å². The molecule has 0 bridgehead atoms. The predicted octanol–water partition coefficient (Wildman–Crippen LogP) is 3.38. The maximum Gasteiger partial charge on any atom is 0.142 e. The van der Waals surface area contributed by atoms with Crippen LogP contribution in [-0.2, 0) is 0 Å². The number of H-pyrrole nitrogens is 1. The summed E-state index contributed by atoms with van der Waals surface area (Å²) in [5.74, 6) is -0.372. The second-order valence-corrected chi connectivity index (χ2v) is 5.28. The maximum absolute atomic E-state index is 13.4. The summed E-state index contributed by atoms with van der Waals surface area (Å²) in [6.45, 7) is 1.94. The van der Waals surface area contributed by atoms with Gasteiger partial charge in [0, 0.05) is 28.4 Å². The molecule has 3 aromatic rings. The number of hydrogen-bond acceptors (Lipinski definition) is 4. The molecule has 0 aliphatic rings. The molecule has 0 atom stereocenters. The Kier molecular flexibility index (Phi) is 3.10. The summed E-state index contributed by atoms with van der Waals surface area (Å²) in [5.41, 5.74) is 9.82. The van der Waals surface area contributed by atoms with E-state index in [1.807, 2.05) is 19.2 Å². The highest BCUT2D eigenvalue weighted by Crippen LogP contribution is 2.32. The topological polar surface area (TPSA) is 67.6 Å². The number of anilines is 1. The van der Waals surface area contributed by atoms with Crippen molar-refractivity contribution in [3.05, 3.63) is 35.9 Å². The van der Waals surface area contributed by atoms with Gasteiger partial charge in [0.25, 0.3) is 0 Å². The average molecular weight is 288 g/mol. The fourth-order valence-electron chi connectivity index (χ4n) is 2.13. The van der Waals surface area contributed by atoms with Crippen LogP contribution in [-0.4, -0.2) is 21.2 Å². The van der Waals surface area contributed by atoms with E-state index in [1.54, 1.807) is 6.20 Å². The summed E-state index contributed by atoms with van der Waals surface area (Å²) in [5, 5.41) is 1.58. The molecule has 0 aromatic carbocycles. The Morgan fingerprint density at radius 3 is 2.90 bits per heavy atom. The standard InChI is InChI=1S/C14H13FN4S/c1-7-11(16)4-12(19-14(7)20-2)10-6-18-13-9(10)3-8(15)5-17-13/h3-6H,1-2H3,(H2,16,19)(H,17,18). The molecule has 3 heterocycles. The normalized spacial score (nSPS) is 11.2. The number of nitrogens with two attached hydrogens (primary N) is 1. The highest BCUT2D eigenvalue weighted by atomic mass is 32.2. The van der Waals surface area contributed by atoms with E-state index in [-0.39, 0.29) is 5.82 Å². The van der Waals surface area contributed by atoms with E-state index in [9.17, 15) is 4.39 Å². The van der Waals surface area contributed by atoms with E-state index in [4.69, 9.17) is 5.73 Å². The summed E-state index contributed by atoms with van der Waals surface area (Å²) in [7, 11) is 0. The zero-order valence-electron chi connectivity index (χ0n) is 11.1. The highest BCUT2D eigenvalue weighted by Gasteiger charge is 2.13. The third-order valence-corrected chi connectivity index (χ3v) is 4.02. The summed E-state index contributed by atoms with van der Waals surface area (Å²) in [6, 6.07) is 3.26. The van der Waals surface area contributed by atoms with Gasteiger partial charge in [-0.25, -0.2) is 14.4 Å². The number of aromatic amines is 1. The molecular weight excluding hydrogens is 275 g/mol. The molecule has 0 radical (unpaired) electrons. The number of aromatic nitrogens is 3. The lowest BCUT2D eigenvalue weighted by Gasteiger charge is -2.08. The molecule has 3 N–H and O–H groups in total. The largest absolute Gasteiger partial charge is 0.398 e. The van der Waals surface area contributed by atoms with Crippen molar-refractivity contribution < 1.29 is 4.39 Å². The molecule has 0 saturated heterocycles. The van der Waals surface area contributed by atoms with E-state index >= 15 is 0 Å². The Hall–Kier alpha value is -2.08. The first-order valence-corrected chi connectivity index (χ1v) is 7.26. The fourth-order valence-corrected chi connectivity index (χ4v) is 2.74. The number of hydrogen-bond donors (Lipinski definition) is 2. The van der Waals surface area contributed by atoms with Gasteiger partial charge in [0.2, 0.25) is 0 Å². The van der Waals surface area contributed by atoms with Crippen LogP contribution in [0.2, 0.25) is 0 Å². The maximum atomic E-state index is 13.4. The molecule has 0 saturated carbocycles. The number of nitrogen functional groups attached to an aromatic ring is 1. The van der Waals surface area contributed by atoms with Crippen LogP contribution in [0.4, 0.5) is 10.1 Å². The van der Waals surface area contributed by atoms with Gasteiger partial charge >= 0.3 is 0 Å². The molecule has 0 unspecified atom stereocenters. The highest BCUT2D eigenvalue weighted by molar-refractivity contribution is 7.98. The minimum Gasteiger partial charge on any atom is -0.398 e. The number of pyridine rings is 2. The van der Waals surface area contributed by atoms with Crippen molar-refractivity contribution in [3.8, 4) is 11.3 Å². The SMILES string of the molecule is CSc1nc(-c2c[nH]c3ncc(F)cc23)cc(N)c1C. The van der Waals surface area contributed by atoms with Crippen LogP contribution in [0.15, 0.2) is 29.6 Å². The van der Waals surface area contributed by atoms with Gasteiger partial charge < -0.3 is 10.7 Å². The van der Waals surface area contributed by atoms with Crippen LogP contribution in [0, 0.1) is 12.7 Å². The molecular formula is C14H13FN4S. The van der Waals surface area contributed by atoms with Gasteiger partial charge in [-0.2, -0.15) is 0 Å². The van der Waals surface area contributed by atoms with Crippen molar-refractivity contribution in [1.29, 1.82) is 0 Å². The minimum absolute atomic E-state index is 0.372. The van der Waals surface area contributed by atoms with E-state index in [0.29, 0.717) is 16.7 Å². The van der Waals surface area contributed by atoms with Crippen molar-refractivity contribution in [1.82, 2.24) is 15.0 Å². The monoisotopic (exact) mass is 288 g/mol. The van der Waals surface area contributed by atoms with Crippen LogP contribution in [0.1, 0.15) is 5.56 Å². The predicted molar refractivity (Wildman–Crippen MR) is 80.2 cm³/mol. The lowest BCUT2D eigenvalue weighted by Crippen LogP contribution is -1.96. The Bertz CT molecular complexity index is 797. The first-order valence-electron chi connectivity index (χ1n) is 6.04. The van der Waals surface area contributed by atoms with Crippen molar-refractivity contribution in [2.45, 2.75) is 11.9 Å². The van der Waals surface area contributed by atoms with Gasteiger partial charge in [-0.15, -0.1) is 11.8 Å². The van der Waals surface area contributed by atoms with Crippen molar-refractivity contribution in [2.24, 2.45) is 0 Å². The van der Waals surface area contributed by atoms with Crippen LogP contribution < -0.4 is 5.73 Å². The molecule has 6 heteroatoms. The molecule has 20 heavy (non-hydrogen) atoms. The fraction of sp³-hybridized carbons (Fsp3) is 0.143. The van der Waals surface area contributed by atoms with Gasteiger partial charge in [0.15, 0.2) is 0 Å². The molecule has 4 nitrogen and oxygen atoms in total. The summed E-state index contributed by atoms with van der Waals surface area (Å²) in [6.07, 6.45) is 4.92. The van der Waals surface area contributed by atoms with Crippen molar-refractivity contribution in [3.63, 3.8) is 0 Å². The average Bonchev–Trinajstić information content (AvgIpc) is 2.84. The van der Waals surface area contributed by atoms with Gasteiger partial charge in [-0.05, 0) is 25.3 Å². The molecule has 102 valence electrons. The number of rotatable bonds is 2. The summed E-state index contributed by atoms with van der Waals surface area (Å²) < 4.78 is 13.4.